The topological polar surface area (TPSA) is 61.5 Å². The number of carbonyl (C=O) groups is 1. The molecule has 0 aliphatic rings. The van der Waals surface area contributed by atoms with Gasteiger partial charge < -0.3 is 15.2 Å². The fraction of sp³-hybridized carbons (Fsp3) is 0.533. The predicted octanol–water partition coefficient (Wildman–Crippen LogP) is 3.48. The second-order valence-electron chi connectivity index (χ2n) is 5.60. The van der Waals surface area contributed by atoms with Crippen molar-refractivity contribution in [3.05, 3.63) is 29.8 Å². The van der Waals surface area contributed by atoms with Gasteiger partial charge in [-0.2, -0.15) is 8.78 Å². The molecule has 0 saturated heterocycles. The monoisotopic (exact) mass is 337 g/mol. The van der Waals surface area contributed by atoms with Gasteiger partial charge in [-0.15, -0.1) is 12.4 Å². The van der Waals surface area contributed by atoms with E-state index in [0.29, 0.717) is 5.75 Å². The van der Waals surface area contributed by atoms with Crippen LogP contribution in [0.4, 0.5) is 8.78 Å². The molecule has 22 heavy (non-hydrogen) atoms. The lowest BCUT2D eigenvalue weighted by Crippen LogP contribution is -2.41. The summed E-state index contributed by atoms with van der Waals surface area (Å²) in [6, 6.07) is 4.15. The molecular formula is C15H22ClF2NO3. The van der Waals surface area contributed by atoms with Gasteiger partial charge in [0.1, 0.15) is 17.4 Å². The van der Waals surface area contributed by atoms with Crippen LogP contribution in [0.15, 0.2) is 24.3 Å². The van der Waals surface area contributed by atoms with Crippen LogP contribution in [-0.2, 0) is 9.53 Å². The molecule has 0 unspecified atom stereocenters. The molecule has 1 atom stereocenters. The Morgan fingerprint density at radius 2 is 1.73 bits per heavy atom. The van der Waals surface area contributed by atoms with E-state index >= 15 is 0 Å². The summed E-state index contributed by atoms with van der Waals surface area (Å²) in [4.78, 5) is 11.3. The van der Waals surface area contributed by atoms with E-state index in [1.54, 1.807) is 12.1 Å². The highest BCUT2D eigenvalue weighted by atomic mass is 35.5. The zero-order chi connectivity index (χ0) is 16.3. The molecular weight excluding hydrogens is 316 g/mol. The molecule has 0 aliphatic heterocycles. The van der Waals surface area contributed by atoms with Crippen molar-refractivity contribution in [2.45, 2.75) is 45.3 Å². The summed E-state index contributed by atoms with van der Waals surface area (Å²) < 4.78 is 37.6. The summed E-state index contributed by atoms with van der Waals surface area (Å²) in [5.41, 5.74) is 5.23. The Labute approximate surface area is 135 Å². The number of benzene rings is 1. The van der Waals surface area contributed by atoms with Gasteiger partial charge in [0, 0.05) is 0 Å². The van der Waals surface area contributed by atoms with Gasteiger partial charge in [0.05, 0.1) is 6.61 Å². The van der Waals surface area contributed by atoms with Crippen molar-refractivity contribution in [3.63, 3.8) is 0 Å². The highest BCUT2D eigenvalue weighted by Crippen LogP contribution is 2.31. The molecule has 0 fully saturated rings. The lowest BCUT2D eigenvalue weighted by molar-refractivity contribution is -0.174. The summed E-state index contributed by atoms with van der Waals surface area (Å²) in [7, 11) is 0. The molecule has 0 spiro atoms. The van der Waals surface area contributed by atoms with Gasteiger partial charge in [-0.3, -0.25) is 0 Å². The van der Waals surface area contributed by atoms with Gasteiger partial charge in [-0.05, 0) is 45.4 Å². The molecule has 1 rings (SSSR count). The lowest BCUT2D eigenvalue weighted by atomic mass is 10.0. The highest BCUT2D eigenvalue weighted by Gasteiger charge is 2.47. The Balaban J connectivity index is 0.00000441. The molecule has 0 amide bonds. The standard InChI is InChI=1S/C15H21F2NO3.ClH/c1-5-20-13(19)15(16,17)12(18)10-6-8-11(9-7-10)21-14(2,3)4;/h6-9,12H,5,18H2,1-4H3;1H/t12-;/m0./s1. The number of ether oxygens (including phenoxy) is 2. The van der Waals surface area contributed by atoms with Crippen LogP contribution in [0.3, 0.4) is 0 Å². The molecule has 4 nitrogen and oxygen atoms in total. The van der Waals surface area contributed by atoms with Crippen LogP contribution in [0.1, 0.15) is 39.3 Å². The molecule has 7 heteroatoms. The SMILES string of the molecule is CCOC(=O)C(F)(F)[C@@H](N)c1ccc(OC(C)(C)C)cc1.Cl. The summed E-state index contributed by atoms with van der Waals surface area (Å²) in [5, 5.41) is 0. The van der Waals surface area contributed by atoms with E-state index in [4.69, 9.17) is 10.5 Å². The highest BCUT2D eigenvalue weighted by molar-refractivity contribution is 5.85. The maximum absolute atomic E-state index is 13.8. The predicted molar refractivity (Wildman–Crippen MR) is 82.6 cm³/mol. The van der Waals surface area contributed by atoms with Crippen LogP contribution in [0, 0.1) is 0 Å². The van der Waals surface area contributed by atoms with Gasteiger partial charge in [-0.1, -0.05) is 12.1 Å². The number of esters is 1. The number of hydrogen-bond acceptors (Lipinski definition) is 4. The largest absolute Gasteiger partial charge is 0.488 e. The minimum Gasteiger partial charge on any atom is -0.488 e. The first-order chi connectivity index (χ1) is 9.58. The Hall–Kier alpha value is -1.40. The maximum atomic E-state index is 13.8. The van der Waals surface area contributed by atoms with Gasteiger partial charge in [0.2, 0.25) is 0 Å². The molecule has 0 aliphatic carbocycles. The van der Waals surface area contributed by atoms with E-state index in [1.807, 2.05) is 20.8 Å². The molecule has 1 aromatic carbocycles. The molecule has 1 aromatic rings. The Morgan fingerprint density at radius 3 is 2.14 bits per heavy atom. The third kappa shape index (κ3) is 5.42. The zero-order valence-electron chi connectivity index (χ0n) is 13.1. The van der Waals surface area contributed by atoms with Crippen molar-refractivity contribution >= 4 is 18.4 Å². The van der Waals surface area contributed by atoms with Crippen LogP contribution in [0.25, 0.3) is 0 Å². The Bertz CT molecular complexity index is 487. The lowest BCUT2D eigenvalue weighted by Gasteiger charge is -2.23. The fourth-order valence-corrected chi connectivity index (χ4v) is 1.66. The molecule has 2 N–H and O–H groups in total. The summed E-state index contributed by atoms with van der Waals surface area (Å²) in [6.07, 6.45) is 0. The molecule has 0 bridgehead atoms. The Morgan fingerprint density at radius 1 is 1.23 bits per heavy atom. The number of nitrogens with two attached hydrogens (primary N) is 1. The fourth-order valence-electron chi connectivity index (χ4n) is 1.66. The average molecular weight is 338 g/mol. The smallest absolute Gasteiger partial charge is 0.379 e. The van der Waals surface area contributed by atoms with Crippen molar-refractivity contribution in [2.75, 3.05) is 6.61 Å². The molecule has 0 radical (unpaired) electrons. The third-order valence-electron chi connectivity index (χ3n) is 2.60. The first-order valence-corrected chi connectivity index (χ1v) is 6.67. The molecule has 0 heterocycles. The first-order valence-electron chi connectivity index (χ1n) is 6.67. The van der Waals surface area contributed by atoms with E-state index in [2.05, 4.69) is 4.74 Å². The van der Waals surface area contributed by atoms with Gasteiger partial charge in [0.25, 0.3) is 0 Å². The average Bonchev–Trinajstić information content (AvgIpc) is 2.37. The van der Waals surface area contributed by atoms with E-state index in [9.17, 15) is 13.6 Å². The minimum atomic E-state index is -3.78. The number of rotatable bonds is 5. The van der Waals surface area contributed by atoms with Crippen molar-refractivity contribution in [1.29, 1.82) is 0 Å². The van der Waals surface area contributed by atoms with Crippen LogP contribution in [0.2, 0.25) is 0 Å². The van der Waals surface area contributed by atoms with E-state index in [1.165, 1.54) is 19.1 Å². The third-order valence-corrected chi connectivity index (χ3v) is 2.60. The number of alkyl halides is 2. The summed E-state index contributed by atoms with van der Waals surface area (Å²) in [6.45, 7) is 6.96. The summed E-state index contributed by atoms with van der Waals surface area (Å²) >= 11 is 0. The second-order valence-corrected chi connectivity index (χ2v) is 5.60. The van der Waals surface area contributed by atoms with Crippen LogP contribution >= 0.6 is 12.4 Å². The quantitative estimate of drug-likeness (QED) is 0.835. The first kappa shape index (κ1) is 20.6. The Kier molecular flexibility index (Phi) is 7.25. The molecule has 0 saturated carbocycles. The van der Waals surface area contributed by atoms with E-state index in [0.717, 1.165) is 0 Å². The van der Waals surface area contributed by atoms with Crippen molar-refractivity contribution in [2.24, 2.45) is 5.73 Å². The number of hydrogen-bond donors (Lipinski definition) is 1. The van der Waals surface area contributed by atoms with Crippen molar-refractivity contribution < 1.29 is 23.0 Å². The van der Waals surface area contributed by atoms with Gasteiger partial charge in [-0.25, -0.2) is 4.79 Å². The zero-order valence-corrected chi connectivity index (χ0v) is 13.9. The van der Waals surface area contributed by atoms with Crippen molar-refractivity contribution in [1.82, 2.24) is 0 Å². The van der Waals surface area contributed by atoms with Crippen LogP contribution in [-0.4, -0.2) is 24.1 Å². The number of carbonyl (C=O) groups excluding carboxylic acids is 1. The van der Waals surface area contributed by atoms with E-state index < -0.39 is 23.5 Å². The van der Waals surface area contributed by atoms with Crippen LogP contribution < -0.4 is 10.5 Å². The normalized spacial score (nSPS) is 13.0. The van der Waals surface area contributed by atoms with Crippen molar-refractivity contribution in [3.8, 4) is 5.75 Å². The minimum absolute atomic E-state index is 0. The second kappa shape index (κ2) is 7.74. The summed E-state index contributed by atoms with van der Waals surface area (Å²) in [5.74, 6) is -4.85. The molecule has 126 valence electrons. The number of halogens is 3. The van der Waals surface area contributed by atoms with Crippen LogP contribution in [0.5, 0.6) is 5.75 Å². The van der Waals surface area contributed by atoms with Gasteiger partial charge >= 0.3 is 11.9 Å². The van der Waals surface area contributed by atoms with Gasteiger partial charge in [0.15, 0.2) is 0 Å². The molecule has 0 aromatic heterocycles. The van der Waals surface area contributed by atoms with E-state index in [-0.39, 0.29) is 24.6 Å². The maximum Gasteiger partial charge on any atom is 0.379 e.